The Hall–Kier alpha value is -2.76. The first-order chi connectivity index (χ1) is 14.7. The van der Waals surface area contributed by atoms with Crippen molar-refractivity contribution in [3.05, 3.63) is 57.5 Å². The number of aryl methyl sites for hydroxylation is 1. The number of carbonyl (C=O) groups is 1. The zero-order chi connectivity index (χ0) is 22.6. The molecule has 0 saturated heterocycles. The summed E-state index contributed by atoms with van der Waals surface area (Å²) < 4.78 is 32.8. The molecule has 11 heteroatoms. The molecule has 0 bridgehead atoms. The summed E-state index contributed by atoms with van der Waals surface area (Å²) in [5.41, 5.74) is 2.98. The first-order valence-corrected chi connectivity index (χ1v) is 12.0. The van der Waals surface area contributed by atoms with Crippen LogP contribution in [0.15, 0.2) is 44.6 Å². The van der Waals surface area contributed by atoms with Crippen molar-refractivity contribution < 1.29 is 17.8 Å². The molecule has 0 radical (unpaired) electrons. The van der Waals surface area contributed by atoms with Crippen LogP contribution in [-0.4, -0.2) is 42.6 Å². The Balaban J connectivity index is 1.91. The maximum Gasteiger partial charge on any atom is 0.254 e. The Kier molecular flexibility index (Phi) is 7.08. The fraction of sp³-hybridized carbons (Fsp3) is 0.350. The number of hydrogen-bond acceptors (Lipinski definition) is 8. The van der Waals surface area contributed by atoms with Crippen LogP contribution in [0.3, 0.4) is 0 Å². The highest BCUT2D eigenvalue weighted by atomic mass is 32.2. The Labute approximate surface area is 185 Å². The SMILES string of the molecule is Cc1nonc1CN(C)C(=O)c1cc(NCc2ccsc2)cc(S(=O)(=O)NC(C)C)c1. The van der Waals surface area contributed by atoms with Crippen LogP contribution in [0.2, 0.25) is 0 Å². The van der Waals surface area contributed by atoms with E-state index in [1.807, 2.05) is 16.8 Å². The third-order valence-corrected chi connectivity index (χ3v) is 6.78. The van der Waals surface area contributed by atoms with Crippen molar-refractivity contribution in [3.63, 3.8) is 0 Å². The number of anilines is 1. The molecule has 2 heterocycles. The van der Waals surface area contributed by atoms with E-state index in [4.69, 9.17) is 0 Å². The van der Waals surface area contributed by atoms with Crippen molar-refractivity contribution >= 4 is 33.0 Å². The van der Waals surface area contributed by atoms with Crippen LogP contribution in [0.4, 0.5) is 5.69 Å². The minimum absolute atomic E-state index is 0.0209. The zero-order valence-corrected chi connectivity index (χ0v) is 19.4. The molecule has 0 fully saturated rings. The Morgan fingerprint density at radius 2 is 2.03 bits per heavy atom. The number of nitrogens with zero attached hydrogens (tertiary/aromatic N) is 3. The Morgan fingerprint density at radius 3 is 2.65 bits per heavy atom. The van der Waals surface area contributed by atoms with Gasteiger partial charge in [0.15, 0.2) is 0 Å². The number of thiophene rings is 1. The molecule has 166 valence electrons. The van der Waals surface area contributed by atoms with Gasteiger partial charge in [0.05, 0.1) is 11.4 Å². The van der Waals surface area contributed by atoms with Crippen LogP contribution < -0.4 is 10.0 Å². The predicted molar refractivity (Wildman–Crippen MR) is 118 cm³/mol. The lowest BCUT2D eigenvalue weighted by Crippen LogP contribution is -2.31. The number of rotatable bonds is 9. The first kappa shape index (κ1) is 22.9. The zero-order valence-electron chi connectivity index (χ0n) is 17.7. The molecule has 2 N–H and O–H groups in total. The maximum atomic E-state index is 13.1. The van der Waals surface area contributed by atoms with E-state index in [0.29, 0.717) is 23.6 Å². The van der Waals surface area contributed by atoms with E-state index in [-0.39, 0.29) is 29.0 Å². The van der Waals surface area contributed by atoms with Gasteiger partial charge in [-0.05, 0) is 61.4 Å². The van der Waals surface area contributed by atoms with Crippen molar-refractivity contribution in [2.45, 2.75) is 44.8 Å². The van der Waals surface area contributed by atoms with Gasteiger partial charge in [-0.25, -0.2) is 17.8 Å². The minimum Gasteiger partial charge on any atom is -0.381 e. The van der Waals surface area contributed by atoms with Crippen LogP contribution >= 0.6 is 11.3 Å². The molecule has 3 rings (SSSR count). The fourth-order valence-corrected chi connectivity index (χ4v) is 4.85. The van der Waals surface area contributed by atoms with Gasteiger partial charge in [-0.2, -0.15) is 11.3 Å². The molecular formula is C20H25N5O4S2. The Morgan fingerprint density at radius 1 is 1.26 bits per heavy atom. The number of sulfonamides is 1. The maximum absolute atomic E-state index is 13.1. The largest absolute Gasteiger partial charge is 0.381 e. The van der Waals surface area contributed by atoms with Crippen LogP contribution in [0.1, 0.15) is 41.2 Å². The first-order valence-electron chi connectivity index (χ1n) is 9.61. The molecule has 9 nitrogen and oxygen atoms in total. The molecule has 3 aromatic rings. The lowest BCUT2D eigenvalue weighted by Gasteiger charge is -2.18. The number of nitrogens with one attached hydrogen (secondary N) is 2. The van der Waals surface area contributed by atoms with E-state index < -0.39 is 10.0 Å². The molecule has 0 saturated carbocycles. The van der Waals surface area contributed by atoms with Gasteiger partial charge < -0.3 is 10.2 Å². The predicted octanol–water partition coefficient (Wildman–Crippen LogP) is 3.01. The summed E-state index contributed by atoms with van der Waals surface area (Å²) in [5.74, 6) is -0.345. The van der Waals surface area contributed by atoms with Crippen molar-refractivity contribution in [3.8, 4) is 0 Å². The molecule has 1 aromatic carbocycles. The third-order valence-electron chi connectivity index (χ3n) is 4.41. The molecule has 0 atom stereocenters. The molecule has 0 unspecified atom stereocenters. The average Bonchev–Trinajstić information content (AvgIpc) is 3.36. The molecule has 0 aliphatic rings. The monoisotopic (exact) mass is 463 g/mol. The number of carbonyl (C=O) groups excluding carboxylic acids is 1. The molecule has 0 spiro atoms. The van der Waals surface area contributed by atoms with Gasteiger partial charge in [-0.3, -0.25) is 4.79 Å². The second kappa shape index (κ2) is 9.58. The van der Waals surface area contributed by atoms with E-state index in [9.17, 15) is 13.2 Å². The van der Waals surface area contributed by atoms with E-state index in [0.717, 1.165) is 5.56 Å². The highest BCUT2D eigenvalue weighted by molar-refractivity contribution is 7.89. The van der Waals surface area contributed by atoms with E-state index in [2.05, 4.69) is 25.0 Å². The number of aromatic nitrogens is 2. The molecule has 2 aromatic heterocycles. The van der Waals surface area contributed by atoms with Crippen molar-refractivity contribution in [2.75, 3.05) is 12.4 Å². The summed E-state index contributed by atoms with van der Waals surface area (Å²) in [7, 11) is -2.18. The third kappa shape index (κ3) is 5.90. The van der Waals surface area contributed by atoms with Crippen molar-refractivity contribution in [1.29, 1.82) is 0 Å². The van der Waals surface area contributed by atoms with Gasteiger partial charge >= 0.3 is 0 Å². The molecule has 0 aliphatic carbocycles. The molecule has 1 amide bonds. The smallest absolute Gasteiger partial charge is 0.254 e. The summed E-state index contributed by atoms with van der Waals surface area (Å²) in [4.78, 5) is 14.5. The second-order valence-corrected chi connectivity index (χ2v) is 9.96. The summed E-state index contributed by atoms with van der Waals surface area (Å²) in [6.07, 6.45) is 0. The molecule has 31 heavy (non-hydrogen) atoms. The second-order valence-electron chi connectivity index (χ2n) is 7.46. The van der Waals surface area contributed by atoms with E-state index in [1.54, 1.807) is 45.2 Å². The average molecular weight is 464 g/mol. The highest BCUT2D eigenvalue weighted by Crippen LogP contribution is 2.22. The van der Waals surface area contributed by atoms with Gasteiger partial charge in [-0.15, -0.1) is 0 Å². The molecular weight excluding hydrogens is 438 g/mol. The summed E-state index contributed by atoms with van der Waals surface area (Å²) in [6.45, 7) is 5.92. The highest BCUT2D eigenvalue weighted by Gasteiger charge is 2.22. The van der Waals surface area contributed by atoms with Crippen LogP contribution in [-0.2, 0) is 23.1 Å². The van der Waals surface area contributed by atoms with Gasteiger partial charge in [0.25, 0.3) is 5.91 Å². The normalized spacial score (nSPS) is 11.6. The van der Waals surface area contributed by atoms with Gasteiger partial charge in [-0.1, -0.05) is 10.3 Å². The number of benzene rings is 1. The Bertz CT molecular complexity index is 1140. The van der Waals surface area contributed by atoms with E-state index >= 15 is 0 Å². The number of amides is 1. The fourth-order valence-electron chi connectivity index (χ4n) is 2.87. The van der Waals surface area contributed by atoms with Crippen LogP contribution in [0.25, 0.3) is 0 Å². The topological polar surface area (TPSA) is 117 Å². The summed E-state index contributed by atoms with van der Waals surface area (Å²) >= 11 is 1.58. The van der Waals surface area contributed by atoms with Gasteiger partial charge in [0, 0.05) is 30.9 Å². The van der Waals surface area contributed by atoms with Crippen molar-refractivity contribution in [1.82, 2.24) is 19.9 Å². The lowest BCUT2D eigenvalue weighted by atomic mass is 10.1. The van der Waals surface area contributed by atoms with Crippen LogP contribution in [0, 0.1) is 6.92 Å². The van der Waals surface area contributed by atoms with E-state index in [1.165, 1.54) is 17.0 Å². The van der Waals surface area contributed by atoms with Crippen molar-refractivity contribution in [2.24, 2.45) is 0 Å². The standard InChI is InChI=1S/C20H25N5O4S2/c1-13(2)24-31(27,28)18-8-16(7-17(9-18)21-10-15-5-6-30-12-15)20(26)25(4)11-19-14(3)22-29-23-19/h5-9,12-13,21,24H,10-11H2,1-4H3. The lowest BCUT2D eigenvalue weighted by molar-refractivity contribution is 0.0781. The summed E-state index contributed by atoms with van der Waals surface area (Å²) in [6, 6.07) is 6.25. The number of hydrogen-bond donors (Lipinski definition) is 2. The van der Waals surface area contributed by atoms with Gasteiger partial charge in [0.1, 0.15) is 11.4 Å². The summed E-state index contributed by atoms with van der Waals surface area (Å²) in [5, 5.41) is 14.7. The molecule has 0 aliphatic heterocycles. The van der Waals surface area contributed by atoms with Crippen LogP contribution in [0.5, 0.6) is 0 Å². The van der Waals surface area contributed by atoms with Gasteiger partial charge in [0.2, 0.25) is 10.0 Å². The quantitative estimate of drug-likeness (QED) is 0.501. The minimum atomic E-state index is -3.79.